The van der Waals surface area contributed by atoms with Gasteiger partial charge in [-0.3, -0.25) is 5.01 Å². The molecule has 3 heterocycles. The third-order valence-electron chi connectivity index (χ3n) is 4.13. The number of nitrogens with zero attached hydrogens (tertiary/aromatic N) is 3. The standard InChI is InChI=1S/C12H18N4O4/c1-12(19)9(18)8(4-17)20-10(12)6-2-3-7-11(13)14-5-15-16(6)7/h3,5-6,8-10,17-19H,2,4H2,1H3,(H2,13,14,15)/t6?,8-,9-,10+,12-/m1/s1. The molecule has 5 N–H and O–H groups in total. The summed E-state index contributed by atoms with van der Waals surface area (Å²) in [5.74, 6) is 0.361. The maximum Gasteiger partial charge on any atom is 0.150 e. The number of aliphatic hydroxyl groups excluding tert-OH is 2. The Bertz CT molecular complexity index is 502. The molecule has 0 amide bonds. The lowest BCUT2D eigenvalue weighted by Crippen LogP contribution is -2.53. The molecule has 0 radical (unpaired) electrons. The predicted molar refractivity (Wildman–Crippen MR) is 70.8 cm³/mol. The van der Waals surface area contributed by atoms with Crippen LogP contribution in [0.25, 0.3) is 0 Å². The summed E-state index contributed by atoms with van der Waals surface area (Å²) in [5, 5.41) is 35.5. The minimum absolute atomic E-state index is 0.295. The first-order chi connectivity index (χ1) is 9.46. The maximum absolute atomic E-state index is 10.5. The van der Waals surface area contributed by atoms with Crippen LogP contribution in [-0.4, -0.2) is 69.1 Å². The second kappa shape index (κ2) is 4.52. The number of aliphatic imine (C=N–C) groups is 1. The van der Waals surface area contributed by atoms with E-state index in [1.165, 1.54) is 13.3 Å². The second-order valence-electron chi connectivity index (χ2n) is 5.43. The van der Waals surface area contributed by atoms with E-state index < -0.39 is 23.9 Å². The van der Waals surface area contributed by atoms with Crippen molar-refractivity contribution in [2.45, 2.75) is 43.3 Å². The first-order valence-electron chi connectivity index (χ1n) is 6.49. The summed E-state index contributed by atoms with van der Waals surface area (Å²) in [4.78, 5) is 3.92. The van der Waals surface area contributed by atoms with Crippen LogP contribution in [0.15, 0.2) is 21.9 Å². The van der Waals surface area contributed by atoms with E-state index in [2.05, 4.69) is 10.1 Å². The molecule has 110 valence electrons. The summed E-state index contributed by atoms with van der Waals surface area (Å²) in [7, 11) is 0. The monoisotopic (exact) mass is 282 g/mol. The molecule has 0 spiro atoms. The fourth-order valence-electron chi connectivity index (χ4n) is 3.00. The van der Waals surface area contributed by atoms with Gasteiger partial charge in [0, 0.05) is 0 Å². The molecule has 3 aliphatic rings. The van der Waals surface area contributed by atoms with Gasteiger partial charge in [-0.2, -0.15) is 5.10 Å². The molecule has 0 bridgehead atoms. The Kier molecular flexibility index (Phi) is 3.05. The largest absolute Gasteiger partial charge is 0.394 e. The van der Waals surface area contributed by atoms with E-state index >= 15 is 0 Å². The number of aliphatic hydroxyl groups is 3. The van der Waals surface area contributed by atoms with Crippen molar-refractivity contribution in [3.05, 3.63) is 11.8 Å². The van der Waals surface area contributed by atoms with E-state index in [4.69, 9.17) is 10.5 Å². The molecule has 0 aliphatic carbocycles. The smallest absolute Gasteiger partial charge is 0.150 e. The molecule has 1 fully saturated rings. The minimum Gasteiger partial charge on any atom is -0.394 e. The summed E-state index contributed by atoms with van der Waals surface area (Å²) in [6, 6.07) is -0.295. The number of fused-ring (bicyclic) bond motifs is 1. The Hall–Kier alpha value is -1.48. The molecule has 0 aromatic heterocycles. The van der Waals surface area contributed by atoms with E-state index in [1.54, 1.807) is 5.01 Å². The van der Waals surface area contributed by atoms with E-state index in [9.17, 15) is 15.3 Å². The molecule has 8 nitrogen and oxygen atoms in total. The maximum atomic E-state index is 10.5. The van der Waals surface area contributed by atoms with Gasteiger partial charge in [-0.1, -0.05) is 6.08 Å². The van der Waals surface area contributed by atoms with Crippen molar-refractivity contribution in [3.8, 4) is 0 Å². The van der Waals surface area contributed by atoms with Gasteiger partial charge in [-0.25, -0.2) is 4.99 Å². The lowest BCUT2D eigenvalue weighted by Gasteiger charge is -2.35. The van der Waals surface area contributed by atoms with Crippen molar-refractivity contribution in [2.24, 2.45) is 15.8 Å². The van der Waals surface area contributed by atoms with Crippen molar-refractivity contribution >= 4 is 12.2 Å². The summed E-state index contributed by atoms with van der Waals surface area (Å²) in [5.41, 5.74) is 4.99. The number of hydrazone groups is 1. The molecule has 0 saturated carbocycles. The zero-order valence-electron chi connectivity index (χ0n) is 11.0. The molecule has 0 aromatic carbocycles. The second-order valence-corrected chi connectivity index (χ2v) is 5.43. The van der Waals surface area contributed by atoms with Crippen molar-refractivity contribution in [2.75, 3.05) is 6.61 Å². The minimum atomic E-state index is -1.47. The fraction of sp³-hybridized carbons (Fsp3) is 0.667. The van der Waals surface area contributed by atoms with Crippen LogP contribution < -0.4 is 5.73 Å². The highest BCUT2D eigenvalue weighted by Gasteiger charge is 2.56. The van der Waals surface area contributed by atoms with Crippen molar-refractivity contribution < 1.29 is 20.1 Å². The Balaban J connectivity index is 1.85. The molecule has 3 rings (SSSR count). The summed E-state index contributed by atoms with van der Waals surface area (Å²) >= 11 is 0. The number of amidine groups is 1. The topological polar surface area (TPSA) is 124 Å². The molecule has 1 unspecified atom stereocenters. The predicted octanol–water partition coefficient (Wildman–Crippen LogP) is -1.87. The first kappa shape index (κ1) is 13.5. The van der Waals surface area contributed by atoms with Gasteiger partial charge < -0.3 is 25.8 Å². The molecule has 20 heavy (non-hydrogen) atoms. The molecule has 3 aliphatic heterocycles. The summed E-state index contributed by atoms with van der Waals surface area (Å²) in [6.07, 6.45) is 1.13. The van der Waals surface area contributed by atoms with Gasteiger partial charge in [-0.15, -0.1) is 0 Å². The number of ether oxygens (including phenoxy) is 1. The quantitative estimate of drug-likeness (QED) is 0.470. The average molecular weight is 282 g/mol. The van der Waals surface area contributed by atoms with Gasteiger partial charge in [0.2, 0.25) is 0 Å². The number of hydrogen-bond donors (Lipinski definition) is 4. The third kappa shape index (κ3) is 1.76. The summed E-state index contributed by atoms with van der Waals surface area (Å²) in [6.45, 7) is 1.15. The molecule has 0 aromatic rings. The van der Waals surface area contributed by atoms with Crippen LogP contribution in [0.2, 0.25) is 0 Å². The molecule has 5 atom stereocenters. The van der Waals surface area contributed by atoms with Crippen LogP contribution in [0.4, 0.5) is 0 Å². The Labute approximate surface area is 115 Å². The van der Waals surface area contributed by atoms with Gasteiger partial charge in [0.1, 0.15) is 30.3 Å². The molecular weight excluding hydrogens is 264 g/mol. The van der Waals surface area contributed by atoms with Crippen molar-refractivity contribution in [1.82, 2.24) is 5.01 Å². The van der Waals surface area contributed by atoms with Crippen LogP contribution in [0, 0.1) is 0 Å². The Morgan fingerprint density at radius 1 is 1.60 bits per heavy atom. The summed E-state index contributed by atoms with van der Waals surface area (Å²) < 4.78 is 5.63. The number of hydrogen-bond acceptors (Lipinski definition) is 8. The molecule has 8 heteroatoms. The Morgan fingerprint density at radius 2 is 2.35 bits per heavy atom. The normalized spacial score (nSPS) is 43.5. The van der Waals surface area contributed by atoms with Gasteiger partial charge in [0.15, 0.2) is 5.84 Å². The van der Waals surface area contributed by atoms with Crippen LogP contribution in [0.3, 0.4) is 0 Å². The Morgan fingerprint density at radius 3 is 3.00 bits per heavy atom. The van der Waals surface area contributed by atoms with Crippen LogP contribution in [-0.2, 0) is 4.74 Å². The third-order valence-corrected chi connectivity index (χ3v) is 4.13. The van der Waals surface area contributed by atoms with Gasteiger partial charge in [0.25, 0.3) is 0 Å². The highest BCUT2D eigenvalue weighted by molar-refractivity contribution is 6.02. The lowest BCUT2D eigenvalue weighted by molar-refractivity contribution is -0.0875. The average Bonchev–Trinajstić information content (AvgIpc) is 2.92. The highest BCUT2D eigenvalue weighted by atomic mass is 16.6. The zero-order valence-corrected chi connectivity index (χ0v) is 11.0. The van der Waals surface area contributed by atoms with Crippen molar-refractivity contribution in [1.29, 1.82) is 0 Å². The van der Waals surface area contributed by atoms with Gasteiger partial charge in [-0.05, 0) is 13.3 Å². The SMILES string of the molecule is C[C@@]1(O)[C@H](O)[C@@H](CO)O[C@H]1C1CC=C2C(N)=NC=NN21. The van der Waals surface area contributed by atoms with E-state index in [-0.39, 0.29) is 12.6 Å². The number of rotatable bonds is 2. The molecular formula is C12H18N4O4. The fourth-order valence-corrected chi connectivity index (χ4v) is 3.00. The van der Waals surface area contributed by atoms with Crippen molar-refractivity contribution in [3.63, 3.8) is 0 Å². The molecule has 1 saturated heterocycles. The van der Waals surface area contributed by atoms with Crippen LogP contribution in [0.5, 0.6) is 0 Å². The highest BCUT2D eigenvalue weighted by Crippen LogP contribution is 2.39. The number of nitrogens with two attached hydrogens (primary N) is 1. The first-order valence-corrected chi connectivity index (χ1v) is 6.49. The van der Waals surface area contributed by atoms with E-state index in [1.807, 2.05) is 6.08 Å². The van der Waals surface area contributed by atoms with Crippen LogP contribution >= 0.6 is 0 Å². The van der Waals surface area contributed by atoms with Crippen LogP contribution in [0.1, 0.15) is 13.3 Å². The van der Waals surface area contributed by atoms with E-state index in [0.717, 1.165) is 0 Å². The zero-order chi connectivity index (χ0) is 14.5. The van der Waals surface area contributed by atoms with Gasteiger partial charge >= 0.3 is 0 Å². The van der Waals surface area contributed by atoms with Gasteiger partial charge in [0.05, 0.1) is 18.3 Å². The van der Waals surface area contributed by atoms with E-state index in [0.29, 0.717) is 18.0 Å². The lowest BCUT2D eigenvalue weighted by atomic mass is 9.88.